The summed E-state index contributed by atoms with van der Waals surface area (Å²) >= 11 is 0. The predicted octanol–water partition coefficient (Wildman–Crippen LogP) is 1.93. The number of carbonyl (C=O) groups is 4. The normalized spacial score (nSPS) is 13.5. The van der Waals surface area contributed by atoms with E-state index in [0.29, 0.717) is 22.6 Å². The number of esters is 3. The van der Waals surface area contributed by atoms with E-state index >= 15 is 0 Å². The first kappa shape index (κ1) is 25.1. The molecule has 2 rings (SSSR count). The van der Waals surface area contributed by atoms with Gasteiger partial charge in [0.25, 0.3) is 5.91 Å². The molecule has 1 aliphatic rings. The number of dihydropyridines is 1. The number of nitrogens with zero attached hydrogens (tertiary/aromatic N) is 1. The van der Waals surface area contributed by atoms with Gasteiger partial charge >= 0.3 is 17.9 Å². The molecular formula is C23H25N3O7. The van der Waals surface area contributed by atoms with Crippen LogP contribution in [0.25, 0.3) is 0 Å². The number of anilines is 1. The Morgan fingerprint density at radius 3 is 2.09 bits per heavy atom. The highest BCUT2D eigenvalue weighted by Crippen LogP contribution is 2.32. The fraction of sp³-hybridized carbons (Fsp3) is 0.348. The van der Waals surface area contributed by atoms with Crippen LogP contribution in [0.1, 0.15) is 33.3 Å². The number of hydrogen-bond acceptors (Lipinski definition) is 9. The molecule has 1 amide bonds. The fourth-order valence-corrected chi connectivity index (χ4v) is 3.27. The highest BCUT2D eigenvalue weighted by atomic mass is 16.5. The van der Waals surface area contributed by atoms with Crippen LogP contribution < -0.4 is 10.6 Å². The number of hydrogen-bond donors (Lipinski definition) is 2. The van der Waals surface area contributed by atoms with Crippen molar-refractivity contribution in [2.75, 3.05) is 25.1 Å². The van der Waals surface area contributed by atoms with Gasteiger partial charge in [0.15, 0.2) is 6.61 Å². The molecule has 10 heteroatoms. The van der Waals surface area contributed by atoms with Crippen molar-refractivity contribution in [2.45, 2.75) is 27.7 Å². The second-order valence-electron chi connectivity index (χ2n) is 6.92. The third-order valence-electron chi connectivity index (χ3n) is 4.61. The molecule has 0 fully saturated rings. The van der Waals surface area contributed by atoms with Crippen molar-refractivity contribution in [3.63, 3.8) is 0 Å². The Balaban J connectivity index is 2.26. The Labute approximate surface area is 191 Å². The molecule has 0 aliphatic carbocycles. The second kappa shape index (κ2) is 11.5. The molecule has 0 spiro atoms. The summed E-state index contributed by atoms with van der Waals surface area (Å²) in [5.74, 6) is -4.67. The average molecular weight is 455 g/mol. The highest BCUT2D eigenvalue weighted by molar-refractivity contribution is 6.06. The third kappa shape index (κ3) is 6.20. The molecule has 10 nitrogen and oxygen atoms in total. The lowest BCUT2D eigenvalue weighted by Gasteiger charge is -2.28. The fourth-order valence-electron chi connectivity index (χ4n) is 3.27. The summed E-state index contributed by atoms with van der Waals surface area (Å²) < 4.78 is 15.3. The average Bonchev–Trinajstić information content (AvgIpc) is 2.77. The molecule has 0 atom stereocenters. The van der Waals surface area contributed by atoms with Gasteiger partial charge in [0.05, 0.1) is 36.0 Å². The van der Waals surface area contributed by atoms with Gasteiger partial charge in [0.1, 0.15) is 5.92 Å². The topological polar surface area (TPSA) is 144 Å². The number of rotatable bonds is 8. The maximum absolute atomic E-state index is 13.0. The Morgan fingerprint density at radius 1 is 1.00 bits per heavy atom. The van der Waals surface area contributed by atoms with Gasteiger partial charge in [-0.2, -0.15) is 5.26 Å². The molecule has 33 heavy (non-hydrogen) atoms. The lowest BCUT2D eigenvalue weighted by Crippen LogP contribution is -2.39. The lowest BCUT2D eigenvalue weighted by atomic mass is 9.85. The molecule has 0 unspecified atom stereocenters. The van der Waals surface area contributed by atoms with E-state index < -0.39 is 36.3 Å². The molecule has 0 saturated carbocycles. The zero-order chi connectivity index (χ0) is 24.5. The molecule has 1 aromatic rings. The van der Waals surface area contributed by atoms with Crippen LogP contribution >= 0.6 is 0 Å². The molecule has 174 valence electrons. The quantitative estimate of drug-likeness (QED) is 0.444. The van der Waals surface area contributed by atoms with Crippen molar-refractivity contribution in [3.05, 3.63) is 52.4 Å². The summed E-state index contributed by atoms with van der Waals surface area (Å²) in [7, 11) is 0. The van der Waals surface area contributed by atoms with Crippen LogP contribution in [-0.4, -0.2) is 43.6 Å². The summed E-state index contributed by atoms with van der Waals surface area (Å²) in [5, 5.41) is 14.4. The third-order valence-corrected chi connectivity index (χ3v) is 4.61. The van der Waals surface area contributed by atoms with Crippen LogP contribution in [0.2, 0.25) is 0 Å². The summed E-state index contributed by atoms with van der Waals surface area (Å²) in [6.45, 7) is 5.77. The van der Waals surface area contributed by atoms with E-state index in [9.17, 15) is 19.2 Å². The van der Waals surface area contributed by atoms with Crippen molar-refractivity contribution < 1.29 is 33.4 Å². The first-order valence-corrected chi connectivity index (χ1v) is 10.2. The molecule has 0 aromatic heterocycles. The number of benzene rings is 1. The molecule has 1 aromatic carbocycles. The van der Waals surface area contributed by atoms with E-state index in [1.807, 2.05) is 6.07 Å². The molecular weight excluding hydrogens is 430 g/mol. The molecule has 1 heterocycles. The summed E-state index contributed by atoms with van der Waals surface area (Å²) in [6.07, 6.45) is 0. The molecule has 0 saturated heterocycles. The monoisotopic (exact) mass is 455 g/mol. The van der Waals surface area contributed by atoms with Gasteiger partial charge in [0.2, 0.25) is 0 Å². The second-order valence-corrected chi connectivity index (χ2v) is 6.92. The smallest absolute Gasteiger partial charge is 0.337 e. The van der Waals surface area contributed by atoms with Crippen molar-refractivity contribution in [1.82, 2.24) is 5.32 Å². The summed E-state index contributed by atoms with van der Waals surface area (Å²) in [5.41, 5.74) is 1.13. The maximum Gasteiger partial charge on any atom is 0.337 e. The Morgan fingerprint density at radius 2 is 1.58 bits per heavy atom. The largest absolute Gasteiger partial charge is 0.463 e. The van der Waals surface area contributed by atoms with Crippen molar-refractivity contribution >= 4 is 29.5 Å². The standard InChI is InChI=1S/C23H25N3O7/c1-5-31-21(28)18-13(3)25-14(4)19(22(29)32-6-2)20(18)23(30)33-12-17(27)26-16-9-7-8-15(10-16)11-24/h7-10,20,25H,5-6,12H2,1-4H3,(H,26,27). The van der Waals surface area contributed by atoms with Crippen molar-refractivity contribution in [3.8, 4) is 6.07 Å². The van der Waals surface area contributed by atoms with Gasteiger partial charge in [-0.15, -0.1) is 0 Å². The zero-order valence-electron chi connectivity index (χ0n) is 18.8. The lowest BCUT2D eigenvalue weighted by molar-refractivity contribution is -0.153. The number of allylic oxidation sites excluding steroid dienone is 2. The minimum absolute atomic E-state index is 0.0545. The van der Waals surface area contributed by atoms with Gasteiger partial charge in [-0.25, -0.2) is 9.59 Å². The minimum atomic E-state index is -1.43. The zero-order valence-corrected chi connectivity index (χ0v) is 18.8. The predicted molar refractivity (Wildman–Crippen MR) is 116 cm³/mol. The van der Waals surface area contributed by atoms with Gasteiger partial charge in [0, 0.05) is 17.1 Å². The van der Waals surface area contributed by atoms with E-state index in [0.717, 1.165) is 0 Å². The van der Waals surface area contributed by atoms with Crippen LogP contribution in [0.4, 0.5) is 5.69 Å². The van der Waals surface area contributed by atoms with Crippen molar-refractivity contribution in [2.24, 2.45) is 5.92 Å². The van der Waals surface area contributed by atoms with Crippen LogP contribution in [0.15, 0.2) is 46.8 Å². The van der Waals surface area contributed by atoms with E-state index in [1.54, 1.807) is 45.9 Å². The van der Waals surface area contributed by atoms with E-state index in [2.05, 4.69) is 10.6 Å². The first-order valence-electron chi connectivity index (χ1n) is 10.2. The number of ether oxygens (including phenoxy) is 3. The number of nitriles is 1. The summed E-state index contributed by atoms with van der Waals surface area (Å²) in [6, 6.07) is 8.15. The SMILES string of the molecule is CCOC(=O)C1=C(C)NC(C)=C(C(=O)OCC)C1C(=O)OCC(=O)Nc1cccc(C#N)c1. The molecule has 0 radical (unpaired) electrons. The van der Waals surface area contributed by atoms with Gasteiger partial charge in [-0.3, -0.25) is 9.59 Å². The Kier molecular flexibility index (Phi) is 8.74. The van der Waals surface area contributed by atoms with Crippen LogP contribution in [0.5, 0.6) is 0 Å². The Bertz CT molecular complexity index is 1030. The molecule has 0 bridgehead atoms. The minimum Gasteiger partial charge on any atom is -0.463 e. The summed E-state index contributed by atoms with van der Waals surface area (Å²) in [4.78, 5) is 50.5. The van der Waals surface area contributed by atoms with E-state index in [4.69, 9.17) is 19.5 Å². The van der Waals surface area contributed by atoms with Gasteiger partial charge in [-0.05, 0) is 45.9 Å². The number of carbonyl (C=O) groups excluding carboxylic acids is 4. The van der Waals surface area contributed by atoms with Crippen LogP contribution in [0, 0.1) is 17.2 Å². The number of amides is 1. The number of nitrogens with one attached hydrogen (secondary N) is 2. The van der Waals surface area contributed by atoms with Crippen molar-refractivity contribution in [1.29, 1.82) is 5.26 Å². The Hall–Kier alpha value is -4.13. The van der Waals surface area contributed by atoms with E-state index in [-0.39, 0.29) is 24.4 Å². The molecule has 2 N–H and O–H groups in total. The van der Waals surface area contributed by atoms with Crippen LogP contribution in [0.3, 0.4) is 0 Å². The maximum atomic E-state index is 13.0. The van der Waals surface area contributed by atoms with Gasteiger partial charge in [-0.1, -0.05) is 6.07 Å². The highest BCUT2D eigenvalue weighted by Gasteiger charge is 2.42. The molecule has 1 aliphatic heterocycles. The van der Waals surface area contributed by atoms with Gasteiger partial charge < -0.3 is 24.8 Å². The first-order chi connectivity index (χ1) is 15.7. The van der Waals surface area contributed by atoms with Crippen LogP contribution in [-0.2, 0) is 33.4 Å². The van der Waals surface area contributed by atoms with E-state index in [1.165, 1.54) is 6.07 Å².